The van der Waals surface area contributed by atoms with Crippen LogP contribution in [-0.4, -0.2) is 18.1 Å². The summed E-state index contributed by atoms with van der Waals surface area (Å²) in [6.07, 6.45) is 13.1. The number of thioether (sulfide) groups is 1. The highest BCUT2D eigenvalue weighted by Crippen LogP contribution is 2.66. The minimum atomic E-state index is 0.363. The van der Waals surface area contributed by atoms with E-state index in [0.29, 0.717) is 28.6 Å². The van der Waals surface area contributed by atoms with Crippen LogP contribution in [0.5, 0.6) is 5.75 Å². The van der Waals surface area contributed by atoms with Crippen molar-refractivity contribution in [1.82, 2.24) is 0 Å². The van der Waals surface area contributed by atoms with Crippen LogP contribution in [0.3, 0.4) is 0 Å². The molecule has 0 aromatic heterocycles. The van der Waals surface area contributed by atoms with Gasteiger partial charge in [0.25, 0.3) is 0 Å². The van der Waals surface area contributed by atoms with E-state index in [1.54, 1.807) is 11.8 Å². The first-order valence-corrected chi connectivity index (χ1v) is 13.0. The van der Waals surface area contributed by atoms with Gasteiger partial charge in [0, 0.05) is 17.7 Å². The number of carbonyl (C=O) groups is 1. The standard InChI is InChI=1S/C26H36O2S/c1-25-12-11-23-22(9-4-17-14-18(27)10-13-26(17,23)2)24(25)15-20(16-25)28-19-5-7-21(29-3)8-6-19/h5-8,17,20,22-24H,4,9-16H2,1-3H3/t17?,20?,22-,23-,24+,25-,26+/m1/s1. The number of ether oxygens (including phenoxy) is 1. The molecule has 0 radical (unpaired) electrons. The second-order valence-electron chi connectivity index (χ2n) is 10.9. The summed E-state index contributed by atoms with van der Waals surface area (Å²) in [6, 6.07) is 8.63. The van der Waals surface area contributed by atoms with E-state index < -0.39 is 0 Å². The number of fused-ring (bicyclic) bond motifs is 5. The average Bonchev–Trinajstić information content (AvgIpc) is 3.05. The molecule has 5 rings (SSSR count). The van der Waals surface area contributed by atoms with Crippen LogP contribution in [0.2, 0.25) is 0 Å². The zero-order chi connectivity index (χ0) is 20.2. The summed E-state index contributed by atoms with van der Waals surface area (Å²) < 4.78 is 6.50. The lowest BCUT2D eigenvalue weighted by Gasteiger charge is -2.59. The summed E-state index contributed by atoms with van der Waals surface area (Å²) in [5.41, 5.74) is 0.851. The zero-order valence-electron chi connectivity index (χ0n) is 18.3. The van der Waals surface area contributed by atoms with Gasteiger partial charge in [0.15, 0.2) is 0 Å². The number of hydrogen-bond acceptors (Lipinski definition) is 3. The van der Waals surface area contributed by atoms with E-state index in [9.17, 15) is 4.79 Å². The highest BCUT2D eigenvalue weighted by atomic mass is 32.2. The van der Waals surface area contributed by atoms with Gasteiger partial charge in [-0.05, 0) is 110 Å². The van der Waals surface area contributed by atoms with E-state index in [2.05, 4.69) is 44.4 Å². The van der Waals surface area contributed by atoms with Gasteiger partial charge < -0.3 is 4.74 Å². The van der Waals surface area contributed by atoms with Crippen LogP contribution in [0.4, 0.5) is 0 Å². The van der Waals surface area contributed by atoms with Crippen molar-refractivity contribution in [2.75, 3.05) is 6.26 Å². The second kappa shape index (κ2) is 7.32. The normalized spacial score (nSPS) is 44.0. The first kappa shape index (κ1) is 20.0. The fourth-order valence-corrected chi connectivity index (χ4v) is 8.38. The molecule has 4 aliphatic carbocycles. The van der Waals surface area contributed by atoms with Crippen molar-refractivity contribution in [1.29, 1.82) is 0 Å². The van der Waals surface area contributed by atoms with Crippen molar-refractivity contribution in [2.24, 2.45) is 34.5 Å². The van der Waals surface area contributed by atoms with Gasteiger partial charge in [-0.1, -0.05) is 13.8 Å². The molecule has 0 aliphatic heterocycles. The maximum atomic E-state index is 12.1. The summed E-state index contributed by atoms with van der Waals surface area (Å²) in [5, 5.41) is 0. The van der Waals surface area contributed by atoms with Gasteiger partial charge in [-0.25, -0.2) is 0 Å². The molecule has 0 saturated heterocycles. The Kier molecular flexibility index (Phi) is 5.04. The number of hydrogen-bond donors (Lipinski definition) is 0. The van der Waals surface area contributed by atoms with E-state index >= 15 is 0 Å². The maximum Gasteiger partial charge on any atom is 0.133 e. The molecule has 7 atom stereocenters. The first-order chi connectivity index (χ1) is 13.9. The number of benzene rings is 1. The molecular weight excluding hydrogens is 376 g/mol. The molecule has 4 saturated carbocycles. The van der Waals surface area contributed by atoms with E-state index in [1.165, 1.54) is 43.4 Å². The van der Waals surface area contributed by atoms with Crippen molar-refractivity contribution in [3.8, 4) is 5.75 Å². The molecule has 0 spiro atoms. The quantitative estimate of drug-likeness (QED) is 0.513. The third kappa shape index (κ3) is 3.36. The van der Waals surface area contributed by atoms with Crippen LogP contribution in [0.15, 0.2) is 29.2 Å². The van der Waals surface area contributed by atoms with Gasteiger partial charge in [-0.3, -0.25) is 4.79 Å². The monoisotopic (exact) mass is 412 g/mol. The third-order valence-electron chi connectivity index (χ3n) is 9.57. The number of Topliss-reactive ketones (excluding diaryl/α,β-unsaturated/α-hetero) is 1. The first-order valence-electron chi connectivity index (χ1n) is 11.7. The Balaban J connectivity index is 1.32. The number of rotatable bonds is 3. The Hall–Kier alpha value is -0.960. The Morgan fingerprint density at radius 2 is 1.83 bits per heavy atom. The number of carbonyl (C=O) groups excluding carboxylic acids is 1. The van der Waals surface area contributed by atoms with Gasteiger partial charge in [-0.2, -0.15) is 0 Å². The molecule has 2 unspecified atom stereocenters. The molecule has 4 fully saturated rings. The molecule has 2 nitrogen and oxygen atoms in total. The van der Waals surface area contributed by atoms with Gasteiger partial charge in [0.05, 0.1) is 6.10 Å². The van der Waals surface area contributed by atoms with Crippen LogP contribution in [0, 0.1) is 34.5 Å². The molecule has 1 aromatic carbocycles. The molecule has 0 N–H and O–H groups in total. The maximum absolute atomic E-state index is 12.1. The van der Waals surface area contributed by atoms with Crippen molar-refractivity contribution < 1.29 is 9.53 Å². The van der Waals surface area contributed by atoms with Crippen LogP contribution in [0.25, 0.3) is 0 Å². The summed E-state index contributed by atoms with van der Waals surface area (Å²) >= 11 is 1.78. The summed E-state index contributed by atoms with van der Waals surface area (Å²) in [7, 11) is 0. The molecule has 29 heavy (non-hydrogen) atoms. The van der Waals surface area contributed by atoms with Crippen LogP contribution < -0.4 is 4.74 Å². The Labute approximate surface area is 180 Å². The summed E-state index contributed by atoms with van der Waals surface area (Å²) in [6.45, 7) is 5.09. The fraction of sp³-hybridized carbons (Fsp3) is 0.731. The molecular formula is C26H36O2S. The van der Waals surface area contributed by atoms with Crippen molar-refractivity contribution in [2.45, 2.75) is 82.6 Å². The summed E-state index contributed by atoms with van der Waals surface area (Å²) in [4.78, 5) is 13.4. The zero-order valence-corrected chi connectivity index (χ0v) is 19.1. The van der Waals surface area contributed by atoms with E-state index in [-0.39, 0.29) is 0 Å². The SMILES string of the molecule is CSc1ccc(OC2C[C@H]3[C@@H]4CCC5CC(=O)CC[C@]5(C)[C@@H]4CC[C@]3(C)C2)cc1. The predicted molar refractivity (Wildman–Crippen MR) is 119 cm³/mol. The smallest absolute Gasteiger partial charge is 0.133 e. The van der Waals surface area contributed by atoms with Gasteiger partial charge in [0.1, 0.15) is 11.5 Å². The van der Waals surface area contributed by atoms with Crippen LogP contribution >= 0.6 is 11.8 Å². The van der Waals surface area contributed by atoms with E-state index in [4.69, 9.17) is 4.74 Å². The van der Waals surface area contributed by atoms with Crippen LogP contribution in [0.1, 0.15) is 71.6 Å². The van der Waals surface area contributed by atoms with Crippen molar-refractivity contribution in [3.63, 3.8) is 0 Å². The van der Waals surface area contributed by atoms with Crippen LogP contribution in [-0.2, 0) is 4.79 Å². The lowest BCUT2D eigenvalue weighted by atomic mass is 9.45. The minimum Gasteiger partial charge on any atom is -0.490 e. The minimum absolute atomic E-state index is 0.363. The molecule has 3 heteroatoms. The van der Waals surface area contributed by atoms with Crippen molar-refractivity contribution >= 4 is 17.5 Å². The predicted octanol–water partition coefficient (Wildman–Crippen LogP) is 6.77. The molecule has 0 bridgehead atoms. The van der Waals surface area contributed by atoms with Crippen molar-refractivity contribution in [3.05, 3.63) is 24.3 Å². The molecule has 1 aromatic rings. The number of ketones is 1. The van der Waals surface area contributed by atoms with Gasteiger partial charge in [0.2, 0.25) is 0 Å². The Morgan fingerprint density at radius 1 is 1.03 bits per heavy atom. The topological polar surface area (TPSA) is 26.3 Å². The Bertz CT molecular complexity index is 773. The second-order valence-corrected chi connectivity index (χ2v) is 11.8. The third-order valence-corrected chi connectivity index (χ3v) is 10.3. The lowest BCUT2D eigenvalue weighted by Crippen LogP contribution is -2.52. The van der Waals surface area contributed by atoms with E-state index in [0.717, 1.165) is 42.8 Å². The van der Waals surface area contributed by atoms with Gasteiger partial charge in [-0.15, -0.1) is 11.8 Å². The average molecular weight is 413 g/mol. The van der Waals surface area contributed by atoms with Gasteiger partial charge >= 0.3 is 0 Å². The van der Waals surface area contributed by atoms with E-state index in [1.807, 2.05) is 0 Å². The molecule has 158 valence electrons. The highest BCUT2D eigenvalue weighted by molar-refractivity contribution is 7.98. The fourth-order valence-electron chi connectivity index (χ4n) is 7.98. The largest absolute Gasteiger partial charge is 0.490 e. The lowest BCUT2D eigenvalue weighted by molar-refractivity contribution is -0.137. The summed E-state index contributed by atoms with van der Waals surface area (Å²) in [5.74, 6) is 4.68. The Morgan fingerprint density at radius 3 is 2.59 bits per heavy atom. The molecule has 0 heterocycles. The highest BCUT2D eigenvalue weighted by Gasteiger charge is 2.59. The molecule has 0 amide bonds. The molecule has 4 aliphatic rings.